The van der Waals surface area contributed by atoms with E-state index >= 15 is 0 Å². The highest BCUT2D eigenvalue weighted by atomic mass is 17.0. The van der Waals surface area contributed by atoms with E-state index in [1.165, 1.54) is 0 Å². The van der Waals surface area contributed by atoms with Crippen LogP contribution in [-0.2, 0) is 33.4 Å². The molecule has 0 aromatic carbocycles. The molecule has 0 spiro atoms. The summed E-state index contributed by atoms with van der Waals surface area (Å²) in [7, 11) is 0. The van der Waals surface area contributed by atoms with Crippen LogP contribution < -0.4 is 0 Å². The Morgan fingerprint density at radius 1 is 1.21 bits per heavy atom. The van der Waals surface area contributed by atoms with Crippen molar-refractivity contribution in [3.05, 3.63) is 33.9 Å². The average molecular weight is 536 g/mol. The van der Waals surface area contributed by atoms with Crippen LogP contribution in [0.4, 0.5) is 4.79 Å². The molecule has 0 saturated heterocycles. The maximum Gasteiger partial charge on any atom is 0.509 e. The maximum absolute atomic E-state index is 13.7. The molecule has 4 rings (SSSR count). The average Bonchev–Trinajstić information content (AvgIpc) is 3.13. The number of carbonyl (C=O) groups is 4. The van der Waals surface area contributed by atoms with Crippen molar-refractivity contribution in [2.24, 2.45) is 28.6 Å². The molecule has 38 heavy (non-hydrogen) atoms. The van der Waals surface area contributed by atoms with E-state index in [0.717, 1.165) is 5.57 Å². The van der Waals surface area contributed by atoms with Gasteiger partial charge in [0, 0.05) is 23.2 Å². The van der Waals surface area contributed by atoms with Crippen LogP contribution >= 0.6 is 0 Å². The number of Topliss-reactive ketones (excluding diaryl/α,β-unsaturated/α-hetero) is 1. The molecule has 0 aromatic heterocycles. The molecule has 0 radical (unpaired) electrons. The summed E-state index contributed by atoms with van der Waals surface area (Å²) in [6.45, 7) is 3.66. The first-order valence-electron chi connectivity index (χ1n) is 12.8. The molecule has 2 fully saturated rings. The van der Waals surface area contributed by atoms with E-state index in [1.807, 2.05) is 13.0 Å². The number of fused-ring (bicyclic) bond motifs is 5. The highest BCUT2D eigenvalue weighted by Gasteiger charge is 2.70. The summed E-state index contributed by atoms with van der Waals surface area (Å²) in [5.74, 6) is -2.20. The van der Waals surface area contributed by atoms with Gasteiger partial charge in [0.05, 0.1) is 12.7 Å². The summed E-state index contributed by atoms with van der Waals surface area (Å²) >= 11 is 0. The zero-order valence-electron chi connectivity index (χ0n) is 21.7. The number of hydrogen-bond acceptors (Lipinski definition) is 11. The summed E-state index contributed by atoms with van der Waals surface area (Å²) in [4.78, 5) is 64.5. The van der Waals surface area contributed by atoms with Crippen molar-refractivity contribution in [3.8, 4) is 0 Å². The van der Waals surface area contributed by atoms with Gasteiger partial charge in [-0.3, -0.25) is 9.59 Å². The smallest absolute Gasteiger partial charge is 0.456 e. The van der Waals surface area contributed by atoms with Crippen molar-refractivity contribution in [1.29, 1.82) is 0 Å². The number of aliphatic hydroxyl groups is 1. The van der Waals surface area contributed by atoms with Crippen molar-refractivity contribution < 1.29 is 48.4 Å². The van der Waals surface area contributed by atoms with Gasteiger partial charge in [0.1, 0.15) is 0 Å². The van der Waals surface area contributed by atoms with E-state index in [-0.39, 0.29) is 43.0 Å². The first kappa shape index (κ1) is 27.7. The Morgan fingerprint density at radius 3 is 2.63 bits per heavy atom. The van der Waals surface area contributed by atoms with Crippen LogP contribution in [0.5, 0.6) is 0 Å². The fraction of sp³-hybridized carbons (Fsp3) is 0.692. The fourth-order valence-corrected chi connectivity index (χ4v) is 7.60. The van der Waals surface area contributed by atoms with Crippen LogP contribution in [0.15, 0.2) is 23.8 Å². The zero-order valence-corrected chi connectivity index (χ0v) is 21.7. The Balaban J connectivity index is 1.65. The first-order valence-corrected chi connectivity index (χ1v) is 12.8. The number of ether oxygens (including phenoxy) is 3. The van der Waals surface area contributed by atoms with Gasteiger partial charge >= 0.3 is 12.1 Å². The maximum atomic E-state index is 13.7. The van der Waals surface area contributed by atoms with Gasteiger partial charge in [-0.1, -0.05) is 31.6 Å². The van der Waals surface area contributed by atoms with Crippen molar-refractivity contribution >= 4 is 23.7 Å². The van der Waals surface area contributed by atoms with Gasteiger partial charge in [-0.15, -0.1) is 10.1 Å². The summed E-state index contributed by atoms with van der Waals surface area (Å²) in [5.41, 5.74) is -2.29. The molecule has 12 nitrogen and oxygen atoms in total. The van der Waals surface area contributed by atoms with E-state index in [2.05, 4.69) is 10.9 Å². The van der Waals surface area contributed by atoms with Gasteiger partial charge < -0.3 is 24.2 Å². The summed E-state index contributed by atoms with van der Waals surface area (Å²) in [5, 5.41) is 20.8. The summed E-state index contributed by atoms with van der Waals surface area (Å²) in [6, 6.07) is 0. The molecule has 7 atom stereocenters. The first-order chi connectivity index (χ1) is 17.9. The third kappa shape index (κ3) is 4.48. The van der Waals surface area contributed by atoms with Crippen LogP contribution in [0.1, 0.15) is 52.9 Å². The van der Waals surface area contributed by atoms with Crippen molar-refractivity contribution in [2.75, 3.05) is 19.8 Å². The molecule has 4 aliphatic carbocycles. The van der Waals surface area contributed by atoms with Crippen molar-refractivity contribution in [3.63, 3.8) is 0 Å². The lowest BCUT2D eigenvalue weighted by atomic mass is 9.47. The van der Waals surface area contributed by atoms with E-state index in [9.17, 15) is 34.4 Å². The van der Waals surface area contributed by atoms with Crippen molar-refractivity contribution in [1.82, 2.24) is 0 Å². The highest BCUT2D eigenvalue weighted by molar-refractivity contribution is 5.94. The predicted octanol–water partition coefficient (Wildman–Crippen LogP) is 2.50. The monoisotopic (exact) mass is 535 g/mol. The lowest BCUT2D eigenvalue weighted by Crippen LogP contribution is -2.63. The Labute approximate surface area is 219 Å². The molecular weight excluding hydrogens is 502 g/mol. The molecular formula is C26H33NO11. The number of ketones is 2. The number of carbonyl (C=O) groups excluding carboxylic acids is 4. The molecule has 1 N–H and O–H groups in total. The third-order valence-electron chi connectivity index (χ3n) is 9.20. The minimum Gasteiger partial charge on any atom is -0.456 e. The lowest BCUT2D eigenvalue weighted by molar-refractivity contribution is -0.754. The van der Waals surface area contributed by atoms with Crippen LogP contribution in [-0.4, -0.2) is 65.4 Å². The molecule has 2 saturated carbocycles. The Hall–Kier alpha value is -3.28. The molecule has 12 heteroatoms. The number of nitrogens with zero attached hydrogens (tertiary/aromatic N) is 1. The van der Waals surface area contributed by atoms with Crippen LogP contribution in [0.3, 0.4) is 0 Å². The minimum absolute atomic E-state index is 0.0147. The summed E-state index contributed by atoms with van der Waals surface area (Å²) in [6.07, 6.45) is 5.27. The normalized spacial score (nSPS) is 37.2. The van der Waals surface area contributed by atoms with Crippen LogP contribution in [0.2, 0.25) is 0 Å². The second kappa shape index (κ2) is 10.1. The Morgan fingerprint density at radius 2 is 1.95 bits per heavy atom. The number of rotatable bonds is 8. The second-order valence-corrected chi connectivity index (χ2v) is 10.9. The SMILES string of the molecule is CCOC(=O)O[C@]1(C(=O)COC(=O)CO[N+](=O)[O-])CC[C@H]2[C@@H]3CC=C4CC(=O)C=C[C@]4(C)[C@H]3[C@@H](O)C[C@@]21C. The van der Waals surface area contributed by atoms with E-state index < -0.39 is 58.7 Å². The Bertz CT molecular complexity index is 1100. The molecule has 0 bridgehead atoms. The summed E-state index contributed by atoms with van der Waals surface area (Å²) < 4.78 is 15.7. The molecule has 0 aliphatic heterocycles. The third-order valence-corrected chi connectivity index (χ3v) is 9.20. The van der Waals surface area contributed by atoms with Gasteiger partial charge in [-0.25, -0.2) is 9.59 Å². The zero-order chi connectivity index (χ0) is 27.9. The number of hydrogen-bond donors (Lipinski definition) is 1. The van der Waals surface area contributed by atoms with Gasteiger partial charge in [0.15, 0.2) is 24.6 Å². The molecule has 4 aliphatic rings. The standard InChI is InChI=1S/C26H33NO11/c1-4-35-23(32)38-26(20(30)13-36-21(31)14-37-27(33)34)10-8-18-17-6-5-15-11-16(28)7-9-24(15,2)22(17)19(29)12-25(18,26)3/h5,7,9,17-19,22,29H,4,6,8,10-14H2,1-3H3/t17-,18-,19-,22+,24-,25-,26-/m0/s1. The van der Waals surface area contributed by atoms with Crippen molar-refractivity contribution in [2.45, 2.75) is 64.6 Å². The highest BCUT2D eigenvalue weighted by Crippen LogP contribution is 2.67. The lowest BCUT2D eigenvalue weighted by Gasteiger charge is -2.59. The molecule has 208 valence electrons. The minimum atomic E-state index is -1.75. The van der Waals surface area contributed by atoms with Gasteiger partial charge in [-0.05, 0) is 50.5 Å². The van der Waals surface area contributed by atoms with Gasteiger partial charge in [0.2, 0.25) is 5.78 Å². The predicted molar refractivity (Wildman–Crippen MR) is 128 cm³/mol. The number of aliphatic hydroxyl groups excluding tert-OH is 1. The molecule has 0 aromatic rings. The quantitative estimate of drug-likeness (QED) is 0.210. The fourth-order valence-electron chi connectivity index (χ4n) is 7.60. The number of allylic oxidation sites excluding steroid dienone is 4. The molecule has 0 amide bonds. The molecule has 0 unspecified atom stereocenters. The van der Waals surface area contributed by atoms with Gasteiger partial charge in [-0.2, -0.15) is 0 Å². The number of esters is 1. The Kier molecular flexibility index (Phi) is 7.39. The van der Waals surface area contributed by atoms with E-state index in [4.69, 9.17) is 14.2 Å². The van der Waals surface area contributed by atoms with Crippen LogP contribution in [0.25, 0.3) is 0 Å². The topological polar surface area (TPSA) is 169 Å². The van der Waals surface area contributed by atoms with Gasteiger partial charge in [0.25, 0.3) is 5.09 Å². The van der Waals surface area contributed by atoms with E-state index in [0.29, 0.717) is 19.3 Å². The van der Waals surface area contributed by atoms with Crippen LogP contribution in [0, 0.1) is 38.7 Å². The largest absolute Gasteiger partial charge is 0.509 e. The van der Waals surface area contributed by atoms with E-state index in [1.54, 1.807) is 19.9 Å². The molecule has 0 heterocycles. The second-order valence-electron chi connectivity index (χ2n) is 10.9.